The second kappa shape index (κ2) is 16.0. The highest BCUT2D eigenvalue weighted by Gasteiger charge is 2.20. The van der Waals surface area contributed by atoms with E-state index in [4.69, 9.17) is 0 Å². The van der Waals surface area contributed by atoms with Crippen LogP contribution in [0.15, 0.2) is 29.2 Å². The third-order valence-electron chi connectivity index (χ3n) is 5.61. The lowest BCUT2D eigenvalue weighted by Gasteiger charge is -2.17. The minimum absolute atomic E-state index is 0.147. The highest BCUT2D eigenvalue weighted by Crippen LogP contribution is 2.18. The third-order valence-corrected chi connectivity index (χ3v) is 7.48. The van der Waals surface area contributed by atoms with Crippen molar-refractivity contribution in [2.24, 2.45) is 0 Å². The molecule has 0 aromatic heterocycles. The van der Waals surface area contributed by atoms with Crippen molar-refractivity contribution >= 4 is 15.7 Å². The number of rotatable bonds is 19. The van der Waals surface area contributed by atoms with Gasteiger partial charge in [-0.25, -0.2) is 22.8 Å². The summed E-state index contributed by atoms with van der Waals surface area (Å²) >= 11 is 0. The van der Waals surface area contributed by atoms with Gasteiger partial charge >= 0.3 is 0 Å². The van der Waals surface area contributed by atoms with Crippen LogP contribution in [0.4, 0.5) is 5.69 Å². The lowest BCUT2D eigenvalue weighted by atomic mass is 10.0. The molecule has 31 heavy (non-hydrogen) atoms. The van der Waals surface area contributed by atoms with Crippen molar-refractivity contribution in [2.75, 3.05) is 19.0 Å². The first kappa shape index (κ1) is 27.4. The minimum atomic E-state index is -3.57. The second-order valence-corrected chi connectivity index (χ2v) is 10.4. The fourth-order valence-electron chi connectivity index (χ4n) is 3.64. The summed E-state index contributed by atoms with van der Waals surface area (Å²) < 4.78 is 26.6. The van der Waals surface area contributed by atoms with Crippen LogP contribution < -0.4 is 5.43 Å². The molecule has 0 saturated heterocycles. The Hall–Kier alpha value is -1.67. The Balaban J connectivity index is 2.10. The fourth-order valence-corrected chi connectivity index (χ4v) is 4.85. The quantitative estimate of drug-likeness (QED) is 0.148. The van der Waals surface area contributed by atoms with E-state index in [1.54, 1.807) is 7.05 Å². The van der Waals surface area contributed by atoms with Crippen molar-refractivity contribution in [3.05, 3.63) is 34.4 Å². The maximum Gasteiger partial charge on any atom is 0.242 e. The van der Waals surface area contributed by atoms with E-state index in [-0.39, 0.29) is 10.6 Å². The second-order valence-electron chi connectivity index (χ2n) is 8.32. The van der Waals surface area contributed by atoms with E-state index in [0.717, 1.165) is 19.3 Å². The van der Waals surface area contributed by atoms with Crippen LogP contribution in [0.25, 0.3) is 0 Å². The molecule has 1 aromatic rings. The first-order valence-electron chi connectivity index (χ1n) is 11.9. The number of nitro groups is 1. The van der Waals surface area contributed by atoms with Gasteiger partial charge in [0.25, 0.3) is 0 Å². The van der Waals surface area contributed by atoms with Gasteiger partial charge in [0.05, 0.1) is 4.90 Å². The first-order chi connectivity index (χ1) is 14.9. The highest BCUT2D eigenvalue weighted by atomic mass is 32.2. The normalized spacial score (nSPS) is 11.7. The molecule has 0 aliphatic carbocycles. The molecule has 8 heteroatoms. The van der Waals surface area contributed by atoms with Gasteiger partial charge in [-0.05, 0) is 30.7 Å². The Labute approximate surface area is 188 Å². The molecule has 0 aliphatic heterocycles. The zero-order valence-electron chi connectivity index (χ0n) is 19.4. The number of anilines is 1. The van der Waals surface area contributed by atoms with Gasteiger partial charge in [0.2, 0.25) is 10.0 Å². The molecule has 0 amide bonds. The van der Waals surface area contributed by atoms with Crippen molar-refractivity contribution in [3.63, 3.8) is 0 Å². The van der Waals surface area contributed by atoms with Gasteiger partial charge in [0.15, 0.2) is 5.03 Å². The van der Waals surface area contributed by atoms with Crippen LogP contribution in [-0.2, 0) is 10.0 Å². The number of unbranched alkanes of at least 4 members (excludes halogenated alkanes) is 13. The number of hydrogen-bond donors (Lipinski definition) is 1. The van der Waals surface area contributed by atoms with Crippen LogP contribution >= 0.6 is 0 Å². The van der Waals surface area contributed by atoms with Crippen molar-refractivity contribution < 1.29 is 13.5 Å². The van der Waals surface area contributed by atoms with E-state index in [9.17, 15) is 18.5 Å². The zero-order chi connectivity index (χ0) is 23.0. The topological polar surface area (TPSA) is 92.6 Å². The van der Waals surface area contributed by atoms with Crippen LogP contribution in [0, 0.1) is 10.1 Å². The monoisotopic (exact) mass is 455 g/mol. The Morgan fingerprint density at radius 2 is 1.23 bits per heavy atom. The Morgan fingerprint density at radius 3 is 1.65 bits per heavy atom. The number of nitrogens with zero attached hydrogens (tertiary/aromatic N) is 2. The molecule has 0 spiro atoms. The van der Waals surface area contributed by atoms with Gasteiger partial charge in [-0.1, -0.05) is 90.4 Å². The Morgan fingerprint density at radius 1 is 0.806 bits per heavy atom. The van der Waals surface area contributed by atoms with Crippen LogP contribution in [-0.4, -0.2) is 31.3 Å². The van der Waals surface area contributed by atoms with E-state index in [1.165, 1.54) is 99.2 Å². The van der Waals surface area contributed by atoms with E-state index in [2.05, 4.69) is 6.92 Å². The molecule has 0 fully saturated rings. The number of benzene rings is 1. The minimum Gasteiger partial charge on any atom is -0.235 e. The van der Waals surface area contributed by atoms with Crippen molar-refractivity contribution in [1.82, 2.24) is 4.31 Å². The molecule has 0 radical (unpaired) electrons. The molecule has 0 atom stereocenters. The molecular formula is C23H41N3O4S. The Bertz CT molecular complexity index is 708. The molecule has 178 valence electrons. The van der Waals surface area contributed by atoms with E-state index in [0.29, 0.717) is 6.54 Å². The van der Waals surface area contributed by atoms with Crippen molar-refractivity contribution in [3.8, 4) is 0 Å². The smallest absolute Gasteiger partial charge is 0.235 e. The molecule has 1 N–H and O–H groups in total. The summed E-state index contributed by atoms with van der Waals surface area (Å²) in [6.45, 7) is 2.73. The first-order valence-corrected chi connectivity index (χ1v) is 13.3. The molecule has 0 heterocycles. The maximum atomic E-state index is 12.6. The lowest BCUT2D eigenvalue weighted by molar-refractivity contribution is -0.445. The SMILES string of the molecule is CCCCCCCCCCCCCCCCN(C)S(=O)(=O)c1ccc(N[N+](=O)[O-])cc1. The van der Waals surface area contributed by atoms with Gasteiger partial charge in [0, 0.05) is 13.6 Å². The summed E-state index contributed by atoms with van der Waals surface area (Å²) in [5, 5.41) is 9.76. The van der Waals surface area contributed by atoms with E-state index >= 15 is 0 Å². The predicted octanol–water partition coefficient (Wildman–Crippen LogP) is 6.39. The molecule has 0 aliphatic rings. The van der Waals surface area contributed by atoms with E-state index < -0.39 is 15.1 Å². The molecule has 1 aromatic carbocycles. The largest absolute Gasteiger partial charge is 0.242 e. The van der Waals surface area contributed by atoms with E-state index in [1.807, 2.05) is 5.43 Å². The average molecular weight is 456 g/mol. The number of hydrazine groups is 1. The molecule has 0 unspecified atom stereocenters. The van der Waals surface area contributed by atoms with Crippen molar-refractivity contribution in [1.29, 1.82) is 0 Å². The maximum absolute atomic E-state index is 12.6. The van der Waals surface area contributed by atoms with Gasteiger partial charge in [-0.2, -0.15) is 0 Å². The molecule has 7 nitrogen and oxygen atoms in total. The number of sulfonamides is 1. The van der Waals surface area contributed by atoms with Gasteiger partial charge < -0.3 is 0 Å². The van der Waals surface area contributed by atoms with Crippen LogP contribution in [0.3, 0.4) is 0 Å². The number of hydrogen-bond acceptors (Lipinski definition) is 4. The lowest BCUT2D eigenvalue weighted by Crippen LogP contribution is -2.28. The average Bonchev–Trinajstić information content (AvgIpc) is 2.73. The van der Waals surface area contributed by atoms with Gasteiger partial charge in [-0.15, -0.1) is 5.43 Å². The molecule has 0 bridgehead atoms. The fraction of sp³-hybridized carbons (Fsp3) is 0.739. The summed E-state index contributed by atoms with van der Waals surface area (Å²) in [5.41, 5.74) is 2.26. The van der Waals surface area contributed by atoms with Crippen LogP contribution in [0.2, 0.25) is 0 Å². The standard InChI is InChI=1S/C23H41N3O4S/c1-3-4-5-6-7-8-9-10-11-12-13-14-15-16-21-25(2)31(29,30)23-19-17-22(18-20-23)24-26(27)28/h17-20,24H,3-16,21H2,1-2H3. The summed E-state index contributed by atoms with van der Waals surface area (Å²) in [4.78, 5) is 10.6. The van der Waals surface area contributed by atoms with Crippen LogP contribution in [0.5, 0.6) is 0 Å². The molecule has 1 rings (SSSR count). The Kier molecular flexibility index (Phi) is 14.2. The summed E-state index contributed by atoms with van der Waals surface area (Å²) in [6, 6.07) is 5.58. The molecule has 0 saturated carbocycles. The third kappa shape index (κ3) is 12.1. The van der Waals surface area contributed by atoms with Gasteiger partial charge in [-0.3, -0.25) is 0 Å². The van der Waals surface area contributed by atoms with Crippen LogP contribution in [0.1, 0.15) is 96.8 Å². The number of nitrogens with one attached hydrogen (secondary N) is 1. The zero-order valence-corrected chi connectivity index (χ0v) is 20.2. The summed E-state index contributed by atoms with van der Waals surface area (Å²) in [7, 11) is -1.98. The highest BCUT2D eigenvalue weighted by molar-refractivity contribution is 7.89. The predicted molar refractivity (Wildman–Crippen MR) is 127 cm³/mol. The summed E-state index contributed by atoms with van der Waals surface area (Å²) in [6.07, 6.45) is 17.7. The van der Waals surface area contributed by atoms with Crippen molar-refractivity contribution in [2.45, 2.75) is 102 Å². The van der Waals surface area contributed by atoms with Gasteiger partial charge in [0.1, 0.15) is 5.69 Å². The summed E-state index contributed by atoms with van der Waals surface area (Å²) in [5.74, 6) is 0. The molecular weight excluding hydrogens is 414 g/mol.